The van der Waals surface area contributed by atoms with Gasteiger partial charge in [-0.15, -0.1) is 0 Å². The van der Waals surface area contributed by atoms with Crippen LogP contribution in [0, 0.1) is 13.8 Å². The van der Waals surface area contributed by atoms with Crippen LogP contribution in [-0.2, 0) is 16.0 Å². The van der Waals surface area contributed by atoms with E-state index in [-0.39, 0.29) is 24.8 Å². The second-order valence-corrected chi connectivity index (χ2v) is 4.93. The lowest BCUT2D eigenvalue weighted by Gasteiger charge is -2.19. The molecule has 0 spiro atoms. The molecule has 0 radical (unpaired) electrons. The number of aryl methyl sites for hydroxylation is 2. The molecule has 7 nitrogen and oxygen atoms in total. The summed E-state index contributed by atoms with van der Waals surface area (Å²) in [6.45, 7) is 4.70. The minimum absolute atomic E-state index is 0.0910. The summed E-state index contributed by atoms with van der Waals surface area (Å²) in [5.41, 5.74) is 1.51. The van der Waals surface area contributed by atoms with Gasteiger partial charge in [-0.05, 0) is 20.3 Å². The van der Waals surface area contributed by atoms with E-state index >= 15 is 0 Å². The molecule has 2 N–H and O–H groups in total. The molecule has 0 aromatic carbocycles. The van der Waals surface area contributed by atoms with Crippen molar-refractivity contribution in [1.29, 1.82) is 0 Å². The molecule has 1 aromatic heterocycles. The van der Waals surface area contributed by atoms with Crippen molar-refractivity contribution in [3.63, 3.8) is 0 Å². The summed E-state index contributed by atoms with van der Waals surface area (Å²) >= 11 is 0. The smallest absolute Gasteiger partial charge is 0.345 e. The third-order valence-corrected chi connectivity index (χ3v) is 3.40. The maximum Gasteiger partial charge on any atom is 0.345 e. The Kier molecular flexibility index (Phi) is 4.16. The first-order valence-electron chi connectivity index (χ1n) is 6.58. The summed E-state index contributed by atoms with van der Waals surface area (Å²) in [4.78, 5) is 42.9. The Morgan fingerprint density at radius 2 is 2.10 bits per heavy atom. The monoisotopic (exact) mass is 278 g/mol. The minimum Gasteiger partial charge on any atom is -0.354 e. The summed E-state index contributed by atoms with van der Waals surface area (Å²) in [5.74, 6) is -0.258. The van der Waals surface area contributed by atoms with Gasteiger partial charge in [0.15, 0.2) is 0 Å². The molecule has 1 fully saturated rings. The molecule has 2 amide bonds. The standard InChI is InChI=1S/C13H18N4O3/c1-8-10(9(2)16-13(20)15-8)6-12(19)17-5-3-4-14-11(18)7-17/h3-7H2,1-2H3,(H,14,18)(H,15,16,20). The fraction of sp³-hybridized carbons (Fsp3) is 0.538. The highest BCUT2D eigenvalue weighted by Gasteiger charge is 2.21. The Bertz CT molecular complexity index is 568. The van der Waals surface area contributed by atoms with E-state index in [9.17, 15) is 14.4 Å². The van der Waals surface area contributed by atoms with Crippen molar-refractivity contribution >= 4 is 11.8 Å². The van der Waals surface area contributed by atoms with Gasteiger partial charge in [0, 0.05) is 30.0 Å². The maximum absolute atomic E-state index is 12.3. The van der Waals surface area contributed by atoms with Crippen LogP contribution >= 0.6 is 0 Å². The average Bonchev–Trinajstić information content (AvgIpc) is 2.58. The van der Waals surface area contributed by atoms with E-state index in [1.54, 1.807) is 18.7 Å². The van der Waals surface area contributed by atoms with Crippen LogP contribution in [0.5, 0.6) is 0 Å². The van der Waals surface area contributed by atoms with Crippen molar-refractivity contribution in [3.8, 4) is 0 Å². The third kappa shape index (κ3) is 3.23. The lowest BCUT2D eigenvalue weighted by molar-refractivity contribution is -0.134. The third-order valence-electron chi connectivity index (χ3n) is 3.40. The van der Waals surface area contributed by atoms with E-state index in [1.807, 2.05) is 0 Å². The summed E-state index contributed by atoms with van der Waals surface area (Å²) in [6, 6.07) is 0. The number of nitrogens with zero attached hydrogens (tertiary/aromatic N) is 2. The van der Waals surface area contributed by atoms with Crippen LogP contribution in [0.4, 0.5) is 0 Å². The molecular weight excluding hydrogens is 260 g/mol. The van der Waals surface area contributed by atoms with Crippen LogP contribution in [0.25, 0.3) is 0 Å². The van der Waals surface area contributed by atoms with Gasteiger partial charge in [-0.1, -0.05) is 0 Å². The fourth-order valence-corrected chi connectivity index (χ4v) is 2.30. The second kappa shape index (κ2) is 5.85. The van der Waals surface area contributed by atoms with E-state index in [0.717, 1.165) is 12.0 Å². The first kappa shape index (κ1) is 14.2. The van der Waals surface area contributed by atoms with Gasteiger partial charge in [-0.2, -0.15) is 4.98 Å². The van der Waals surface area contributed by atoms with Gasteiger partial charge in [0.25, 0.3) is 0 Å². The number of nitrogens with one attached hydrogen (secondary N) is 2. The maximum atomic E-state index is 12.3. The first-order chi connectivity index (χ1) is 9.47. The van der Waals surface area contributed by atoms with Gasteiger partial charge in [0.1, 0.15) is 0 Å². The highest BCUT2D eigenvalue weighted by atomic mass is 16.2. The Hall–Kier alpha value is -2.18. The quantitative estimate of drug-likeness (QED) is 0.746. The van der Waals surface area contributed by atoms with Crippen LogP contribution in [-0.4, -0.2) is 46.3 Å². The molecule has 20 heavy (non-hydrogen) atoms. The van der Waals surface area contributed by atoms with Crippen molar-refractivity contribution < 1.29 is 9.59 Å². The summed E-state index contributed by atoms with van der Waals surface area (Å²) in [7, 11) is 0. The number of amides is 2. The molecule has 2 rings (SSSR count). The molecule has 0 bridgehead atoms. The summed E-state index contributed by atoms with van der Waals surface area (Å²) in [6.07, 6.45) is 0.897. The van der Waals surface area contributed by atoms with E-state index < -0.39 is 5.69 Å². The predicted molar refractivity (Wildman–Crippen MR) is 72.2 cm³/mol. The highest BCUT2D eigenvalue weighted by Crippen LogP contribution is 2.10. The first-order valence-corrected chi connectivity index (χ1v) is 6.58. The Morgan fingerprint density at radius 3 is 2.80 bits per heavy atom. The lowest BCUT2D eigenvalue weighted by atomic mass is 10.1. The van der Waals surface area contributed by atoms with E-state index in [2.05, 4.69) is 15.3 Å². The van der Waals surface area contributed by atoms with E-state index in [4.69, 9.17) is 0 Å². The molecule has 1 aliphatic heterocycles. The van der Waals surface area contributed by atoms with Crippen molar-refractivity contribution in [2.24, 2.45) is 0 Å². The molecule has 7 heteroatoms. The van der Waals surface area contributed by atoms with Crippen molar-refractivity contribution in [1.82, 2.24) is 20.2 Å². The van der Waals surface area contributed by atoms with Crippen LogP contribution in [0.3, 0.4) is 0 Å². The number of aromatic amines is 1. The number of H-pyrrole nitrogens is 1. The number of carbonyl (C=O) groups excluding carboxylic acids is 2. The Labute approximate surface area is 116 Å². The fourth-order valence-electron chi connectivity index (χ4n) is 2.30. The molecule has 108 valence electrons. The minimum atomic E-state index is -0.412. The Balaban J connectivity index is 2.15. The van der Waals surface area contributed by atoms with Gasteiger partial charge in [-0.3, -0.25) is 9.59 Å². The molecule has 0 aliphatic carbocycles. The number of carbonyl (C=O) groups is 2. The summed E-state index contributed by atoms with van der Waals surface area (Å²) in [5, 5.41) is 2.73. The second-order valence-electron chi connectivity index (χ2n) is 4.93. The SMILES string of the molecule is Cc1nc(=O)[nH]c(C)c1CC(=O)N1CCCNC(=O)C1. The zero-order chi connectivity index (χ0) is 14.7. The summed E-state index contributed by atoms with van der Waals surface area (Å²) < 4.78 is 0. The van der Waals surface area contributed by atoms with Crippen molar-refractivity contribution in [2.75, 3.05) is 19.6 Å². The number of rotatable bonds is 2. The normalized spacial score (nSPS) is 15.7. The van der Waals surface area contributed by atoms with Gasteiger partial charge in [0.05, 0.1) is 13.0 Å². The van der Waals surface area contributed by atoms with Gasteiger partial charge in [0.2, 0.25) is 11.8 Å². The van der Waals surface area contributed by atoms with Crippen LogP contribution in [0.2, 0.25) is 0 Å². The number of hydrogen-bond acceptors (Lipinski definition) is 4. The molecular formula is C13H18N4O3. The molecule has 1 saturated heterocycles. The molecule has 0 unspecified atom stereocenters. The molecule has 1 aliphatic rings. The van der Waals surface area contributed by atoms with E-state index in [0.29, 0.717) is 24.5 Å². The van der Waals surface area contributed by atoms with Crippen LogP contribution < -0.4 is 11.0 Å². The number of aromatic nitrogens is 2. The van der Waals surface area contributed by atoms with Crippen molar-refractivity contribution in [2.45, 2.75) is 26.7 Å². The molecule has 2 heterocycles. The molecule has 0 atom stereocenters. The number of hydrogen-bond donors (Lipinski definition) is 2. The Morgan fingerprint density at radius 1 is 1.35 bits per heavy atom. The van der Waals surface area contributed by atoms with Gasteiger partial charge < -0.3 is 15.2 Å². The lowest BCUT2D eigenvalue weighted by Crippen LogP contribution is -2.38. The highest BCUT2D eigenvalue weighted by molar-refractivity contribution is 5.86. The molecule has 1 aromatic rings. The predicted octanol–water partition coefficient (Wildman–Crippen LogP) is -0.722. The topological polar surface area (TPSA) is 95.2 Å². The van der Waals surface area contributed by atoms with Crippen LogP contribution in [0.1, 0.15) is 23.4 Å². The van der Waals surface area contributed by atoms with E-state index in [1.165, 1.54) is 0 Å². The van der Waals surface area contributed by atoms with Crippen LogP contribution in [0.15, 0.2) is 4.79 Å². The zero-order valence-corrected chi connectivity index (χ0v) is 11.7. The largest absolute Gasteiger partial charge is 0.354 e. The zero-order valence-electron chi connectivity index (χ0n) is 11.7. The van der Waals surface area contributed by atoms with Crippen molar-refractivity contribution in [3.05, 3.63) is 27.4 Å². The van der Waals surface area contributed by atoms with Gasteiger partial charge in [-0.25, -0.2) is 4.79 Å². The van der Waals surface area contributed by atoms with Gasteiger partial charge >= 0.3 is 5.69 Å². The average molecular weight is 278 g/mol. The molecule has 0 saturated carbocycles.